The van der Waals surface area contributed by atoms with Crippen LogP contribution < -0.4 is 10.9 Å². The number of hydrogen-bond donors (Lipinski definition) is 2. The van der Waals surface area contributed by atoms with Crippen LogP contribution in [0.4, 0.5) is 5.95 Å². The van der Waals surface area contributed by atoms with Gasteiger partial charge in [-0.15, -0.1) is 0 Å². The van der Waals surface area contributed by atoms with Crippen LogP contribution in [0.5, 0.6) is 0 Å². The largest absolute Gasteiger partial charge is 0.355 e. The second-order valence-electron chi connectivity index (χ2n) is 6.54. The first-order valence-corrected chi connectivity index (χ1v) is 7.55. The van der Waals surface area contributed by atoms with E-state index in [1.165, 1.54) is 0 Å². The molecule has 0 aliphatic carbocycles. The fourth-order valence-electron chi connectivity index (χ4n) is 2.40. The monoisotopic (exact) mass is 315 g/mol. The van der Waals surface area contributed by atoms with E-state index in [1.807, 2.05) is 40.1 Å². The number of aromatic nitrogens is 6. The Bertz CT molecular complexity index is 881. The number of anilines is 1. The number of aromatic amines is 1. The summed E-state index contributed by atoms with van der Waals surface area (Å²) in [5.74, 6) is 0.449. The number of hydrogen-bond acceptors (Lipinski definition) is 5. The predicted molar refractivity (Wildman–Crippen MR) is 88.5 cm³/mol. The van der Waals surface area contributed by atoms with Gasteiger partial charge in [0, 0.05) is 26.2 Å². The number of rotatable bonds is 4. The third-order valence-electron chi connectivity index (χ3n) is 3.52. The van der Waals surface area contributed by atoms with Gasteiger partial charge in [0.25, 0.3) is 5.56 Å². The SMILES string of the molecule is Cn1ccc(CCNc2nc3c(cnn3C(C)(C)C)c(=O)[nH]2)n1. The highest BCUT2D eigenvalue weighted by Crippen LogP contribution is 2.18. The lowest BCUT2D eigenvalue weighted by Crippen LogP contribution is -2.24. The van der Waals surface area contributed by atoms with E-state index in [-0.39, 0.29) is 11.1 Å². The first kappa shape index (κ1) is 15.3. The van der Waals surface area contributed by atoms with Crippen molar-refractivity contribution in [3.05, 3.63) is 34.5 Å². The van der Waals surface area contributed by atoms with E-state index in [1.54, 1.807) is 15.6 Å². The molecule has 0 amide bonds. The molecule has 3 rings (SSSR count). The molecule has 8 nitrogen and oxygen atoms in total. The zero-order valence-electron chi connectivity index (χ0n) is 13.8. The minimum atomic E-state index is -0.242. The number of nitrogens with zero attached hydrogens (tertiary/aromatic N) is 5. The highest BCUT2D eigenvalue weighted by molar-refractivity contribution is 5.74. The van der Waals surface area contributed by atoms with Gasteiger partial charge in [0.05, 0.1) is 17.4 Å². The van der Waals surface area contributed by atoms with Gasteiger partial charge >= 0.3 is 0 Å². The van der Waals surface area contributed by atoms with E-state index in [2.05, 4.69) is 25.5 Å². The van der Waals surface area contributed by atoms with Gasteiger partial charge in [-0.2, -0.15) is 15.2 Å². The third kappa shape index (κ3) is 3.10. The second-order valence-corrected chi connectivity index (χ2v) is 6.54. The van der Waals surface area contributed by atoms with Crippen LogP contribution in [-0.4, -0.2) is 36.1 Å². The molecule has 0 bridgehead atoms. The molecule has 0 spiro atoms. The van der Waals surface area contributed by atoms with Gasteiger partial charge < -0.3 is 5.32 Å². The van der Waals surface area contributed by atoms with Crippen LogP contribution in [0.15, 0.2) is 23.3 Å². The molecule has 3 aromatic rings. The molecule has 0 saturated heterocycles. The van der Waals surface area contributed by atoms with Crippen molar-refractivity contribution in [2.24, 2.45) is 7.05 Å². The van der Waals surface area contributed by atoms with Crippen LogP contribution in [0.25, 0.3) is 11.0 Å². The average molecular weight is 315 g/mol. The summed E-state index contributed by atoms with van der Waals surface area (Å²) in [7, 11) is 1.89. The minimum absolute atomic E-state index is 0.189. The van der Waals surface area contributed by atoms with Gasteiger partial charge in [0.15, 0.2) is 5.65 Å². The Labute approximate surface area is 133 Å². The highest BCUT2D eigenvalue weighted by Gasteiger charge is 2.19. The Morgan fingerprint density at radius 3 is 2.78 bits per heavy atom. The molecule has 122 valence electrons. The quantitative estimate of drug-likeness (QED) is 0.756. The van der Waals surface area contributed by atoms with Crippen molar-refractivity contribution >= 4 is 17.0 Å². The van der Waals surface area contributed by atoms with Crippen molar-refractivity contribution in [2.75, 3.05) is 11.9 Å². The summed E-state index contributed by atoms with van der Waals surface area (Å²) in [6.07, 6.45) is 4.22. The van der Waals surface area contributed by atoms with E-state index in [0.717, 1.165) is 12.1 Å². The van der Waals surface area contributed by atoms with Gasteiger partial charge in [0.1, 0.15) is 5.39 Å². The molecule has 0 saturated carbocycles. The molecule has 23 heavy (non-hydrogen) atoms. The summed E-state index contributed by atoms with van der Waals surface area (Å²) >= 11 is 0. The van der Waals surface area contributed by atoms with Gasteiger partial charge in [0.2, 0.25) is 5.95 Å². The van der Waals surface area contributed by atoms with Crippen molar-refractivity contribution in [1.29, 1.82) is 0 Å². The fourth-order valence-corrected chi connectivity index (χ4v) is 2.40. The Morgan fingerprint density at radius 2 is 2.13 bits per heavy atom. The van der Waals surface area contributed by atoms with E-state index in [9.17, 15) is 4.79 Å². The molecule has 3 aromatic heterocycles. The summed E-state index contributed by atoms with van der Waals surface area (Å²) in [6.45, 7) is 6.71. The van der Waals surface area contributed by atoms with E-state index >= 15 is 0 Å². The summed E-state index contributed by atoms with van der Waals surface area (Å²) in [5, 5.41) is 12.3. The summed E-state index contributed by atoms with van der Waals surface area (Å²) < 4.78 is 3.53. The van der Waals surface area contributed by atoms with Crippen molar-refractivity contribution in [2.45, 2.75) is 32.7 Å². The van der Waals surface area contributed by atoms with Crippen LogP contribution in [0.3, 0.4) is 0 Å². The normalized spacial score (nSPS) is 12.0. The number of nitrogens with one attached hydrogen (secondary N) is 2. The van der Waals surface area contributed by atoms with Crippen LogP contribution in [0.2, 0.25) is 0 Å². The van der Waals surface area contributed by atoms with Crippen LogP contribution in [0, 0.1) is 0 Å². The fraction of sp³-hybridized carbons (Fsp3) is 0.467. The predicted octanol–water partition coefficient (Wildman–Crippen LogP) is 1.26. The summed E-state index contributed by atoms with van der Waals surface area (Å²) in [5.41, 5.74) is 1.14. The maximum Gasteiger partial charge on any atom is 0.263 e. The number of aryl methyl sites for hydroxylation is 1. The van der Waals surface area contributed by atoms with Gasteiger partial charge in [-0.3, -0.25) is 14.5 Å². The van der Waals surface area contributed by atoms with Crippen molar-refractivity contribution < 1.29 is 0 Å². The summed E-state index contributed by atoms with van der Waals surface area (Å²) in [6, 6.07) is 1.97. The lowest BCUT2D eigenvalue weighted by molar-refractivity contribution is 0.366. The molecule has 0 aromatic carbocycles. The lowest BCUT2D eigenvalue weighted by Gasteiger charge is -2.19. The first-order valence-electron chi connectivity index (χ1n) is 7.55. The molecule has 3 heterocycles. The standard InChI is InChI=1S/C15H21N7O/c1-15(2,3)22-12-11(9-17-22)13(23)19-14(18-12)16-7-5-10-6-8-21(4)20-10/h6,8-9H,5,7H2,1-4H3,(H2,16,18,19,23). The third-order valence-corrected chi connectivity index (χ3v) is 3.52. The lowest BCUT2D eigenvalue weighted by atomic mass is 10.1. The maximum atomic E-state index is 12.2. The highest BCUT2D eigenvalue weighted by atomic mass is 16.1. The molecule has 0 fully saturated rings. The van der Waals surface area contributed by atoms with Gasteiger partial charge in [-0.25, -0.2) is 4.68 Å². The Balaban J connectivity index is 1.82. The minimum Gasteiger partial charge on any atom is -0.355 e. The number of fused-ring (bicyclic) bond motifs is 1. The van der Waals surface area contributed by atoms with Crippen molar-refractivity contribution in [1.82, 2.24) is 29.5 Å². The molecule has 0 aliphatic rings. The van der Waals surface area contributed by atoms with Crippen LogP contribution in [0.1, 0.15) is 26.5 Å². The molecule has 0 atom stereocenters. The Kier molecular flexibility index (Phi) is 3.67. The number of H-pyrrole nitrogens is 1. The molecule has 0 radical (unpaired) electrons. The molecular weight excluding hydrogens is 294 g/mol. The first-order chi connectivity index (χ1) is 10.8. The Morgan fingerprint density at radius 1 is 1.35 bits per heavy atom. The zero-order valence-corrected chi connectivity index (χ0v) is 13.8. The van der Waals surface area contributed by atoms with Gasteiger partial charge in [-0.1, -0.05) is 0 Å². The van der Waals surface area contributed by atoms with Crippen LogP contribution in [-0.2, 0) is 19.0 Å². The average Bonchev–Trinajstić information content (AvgIpc) is 3.05. The molecule has 2 N–H and O–H groups in total. The van der Waals surface area contributed by atoms with Crippen molar-refractivity contribution in [3.63, 3.8) is 0 Å². The zero-order chi connectivity index (χ0) is 16.6. The Hall–Kier alpha value is -2.64. The van der Waals surface area contributed by atoms with Crippen molar-refractivity contribution in [3.8, 4) is 0 Å². The topological polar surface area (TPSA) is 93.4 Å². The molecule has 0 unspecified atom stereocenters. The van der Waals surface area contributed by atoms with E-state index < -0.39 is 0 Å². The second kappa shape index (κ2) is 5.53. The van der Waals surface area contributed by atoms with E-state index in [0.29, 0.717) is 23.5 Å². The maximum absolute atomic E-state index is 12.2. The smallest absolute Gasteiger partial charge is 0.263 e. The van der Waals surface area contributed by atoms with Gasteiger partial charge in [-0.05, 0) is 26.8 Å². The van der Waals surface area contributed by atoms with E-state index in [4.69, 9.17) is 0 Å². The molecule has 8 heteroatoms. The molecule has 0 aliphatic heterocycles. The summed E-state index contributed by atoms with van der Waals surface area (Å²) in [4.78, 5) is 19.4. The van der Waals surface area contributed by atoms with Crippen LogP contribution >= 0.6 is 0 Å². The molecular formula is C15H21N7O.